The minimum Gasteiger partial charge on any atom is -0.333 e. The molecule has 6 heteroatoms. The molecule has 2 atom stereocenters. The van der Waals surface area contributed by atoms with Crippen LogP contribution < -0.4 is 5.32 Å². The molecule has 0 saturated carbocycles. The van der Waals surface area contributed by atoms with Gasteiger partial charge in [0.1, 0.15) is 4.34 Å². The van der Waals surface area contributed by atoms with E-state index in [0.717, 1.165) is 6.54 Å². The fraction of sp³-hybridized carbons (Fsp3) is 0.545. The summed E-state index contributed by atoms with van der Waals surface area (Å²) in [5.74, 6) is -0.0287. The highest BCUT2D eigenvalue weighted by Gasteiger charge is 2.30. The van der Waals surface area contributed by atoms with Gasteiger partial charge in [0.05, 0.1) is 9.90 Å². The van der Waals surface area contributed by atoms with E-state index in [-0.39, 0.29) is 11.9 Å². The number of hydrogen-bond acceptors (Lipinski definition) is 3. The van der Waals surface area contributed by atoms with E-state index in [9.17, 15) is 4.79 Å². The van der Waals surface area contributed by atoms with Crippen molar-refractivity contribution in [3.05, 3.63) is 20.3 Å². The lowest BCUT2D eigenvalue weighted by Crippen LogP contribution is -2.57. The van der Waals surface area contributed by atoms with Crippen molar-refractivity contribution in [3.63, 3.8) is 0 Å². The molecule has 3 nitrogen and oxygen atoms in total. The van der Waals surface area contributed by atoms with Gasteiger partial charge in [0.15, 0.2) is 0 Å². The molecule has 1 N–H and O–H groups in total. The van der Waals surface area contributed by atoms with Crippen molar-refractivity contribution in [3.8, 4) is 0 Å². The quantitative estimate of drug-likeness (QED) is 0.863. The molecular formula is C11H14Cl2N2OS. The van der Waals surface area contributed by atoms with E-state index in [1.54, 1.807) is 6.07 Å². The van der Waals surface area contributed by atoms with Gasteiger partial charge in [0, 0.05) is 25.2 Å². The van der Waals surface area contributed by atoms with Crippen LogP contribution in [0.15, 0.2) is 6.07 Å². The molecule has 1 aromatic heterocycles. The number of thiophene rings is 1. The number of nitrogens with one attached hydrogen (secondary N) is 1. The average Bonchev–Trinajstić information content (AvgIpc) is 2.61. The predicted octanol–water partition coefficient (Wildman–Crippen LogP) is 2.88. The number of halogens is 2. The Morgan fingerprint density at radius 3 is 2.82 bits per heavy atom. The first-order valence-corrected chi connectivity index (χ1v) is 7.07. The van der Waals surface area contributed by atoms with E-state index in [1.165, 1.54) is 11.3 Å². The van der Waals surface area contributed by atoms with Crippen molar-refractivity contribution in [2.75, 3.05) is 13.1 Å². The lowest BCUT2D eigenvalue weighted by atomic mass is 10.1. The minimum absolute atomic E-state index is 0.0287. The Morgan fingerprint density at radius 1 is 1.53 bits per heavy atom. The molecule has 2 heterocycles. The smallest absolute Gasteiger partial charge is 0.256 e. The third-order valence-corrected chi connectivity index (χ3v) is 4.67. The standard InChI is InChI=1S/C11H14Cl2N2OS/c1-6-7(2)15(4-3-14-6)11(16)8-5-9(12)17-10(8)13/h5-7,14H,3-4H2,1-2H3. The normalized spacial score (nSPS) is 25.1. The van der Waals surface area contributed by atoms with Gasteiger partial charge in [-0.2, -0.15) is 0 Å². The molecule has 17 heavy (non-hydrogen) atoms. The molecule has 0 aliphatic carbocycles. The number of carbonyl (C=O) groups excluding carboxylic acids is 1. The van der Waals surface area contributed by atoms with Crippen molar-refractivity contribution >= 4 is 40.4 Å². The predicted molar refractivity (Wildman–Crippen MR) is 72.3 cm³/mol. The molecule has 94 valence electrons. The van der Waals surface area contributed by atoms with Crippen molar-refractivity contribution in [1.29, 1.82) is 0 Å². The number of carbonyl (C=O) groups is 1. The van der Waals surface area contributed by atoms with Crippen molar-refractivity contribution in [1.82, 2.24) is 10.2 Å². The third-order valence-electron chi connectivity index (χ3n) is 3.18. The first kappa shape index (κ1) is 13.1. The first-order chi connectivity index (χ1) is 8.00. The number of rotatable bonds is 1. The van der Waals surface area contributed by atoms with E-state index < -0.39 is 0 Å². The van der Waals surface area contributed by atoms with Gasteiger partial charge in [-0.15, -0.1) is 11.3 Å². The number of hydrogen-bond donors (Lipinski definition) is 1. The maximum absolute atomic E-state index is 12.4. The second-order valence-electron chi connectivity index (χ2n) is 4.22. The van der Waals surface area contributed by atoms with Crippen LogP contribution >= 0.6 is 34.5 Å². The first-order valence-electron chi connectivity index (χ1n) is 5.50. The Balaban J connectivity index is 2.22. The zero-order chi connectivity index (χ0) is 12.6. The van der Waals surface area contributed by atoms with Crippen LogP contribution in [0.1, 0.15) is 24.2 Å². The zero-order valence-corrected chi connectivity index (χ0v) is 12.0. The van der Waals surface area contributed by atoms with E-state index in [2.05, 4.69) is 12.2 Å². The molecule has 0 bridgehead atoms. The zero-order valence-electron chi connectivity index (χ0n) is 9.67. The van der Waals surface area contributed by atoms with Crippen LogP contribution in [0.4, 0.5) is 0 Å². The number of piperazine rings is 1. The summed E-state index contributed by atoms with van der Waals surface area (Å²) in [7, 11) is 0. The Labute approximate surface area is 115 Å². The topological polar surface area (TPSA) is 32.3 Å². The molecular weight excluding hydrogens is 279 g/mol. The highest BCUT2D eigenvalue weighted by atomic mass is 35.5. The highest BCUT2D eigenvalue weighted by molar-refractivity contribution is 7.20. The van der Waals surface area contributed by atoms with Crippen molar-refractivity contribution in [2.45, 2.75) is 25.9 Å². The summed E-state index contributed by atoms with van der Waals surface area (Å²) in [6.07, 6.45) is 0. The summed E-state index contributed by atoms with van der Waals surface area (Å²) in [4.78, 5) is 14.2. The van der Waals surface area contributed by atoms with Crippen LogP contribution in [0, 0.1) is 0 Å². The largest absolute Gasteiger partial charge is 0.333 e. The van der Waals surface area contributed by atoms with Crippen LogP contribution in [0.2, 0.25) is 8.67 Å². The Morgan fingerprint density at radius 2 is 2.24 bits per heavy atom. The van der Waals surface area contributed by atoms with Crippen molar-refractivity contribution < 1.29 is 4.79 Å². The van der Waals surface area contributed by atoms with Gasteiger partial charge in [-0.1, -0.05) is 23.2 Å². The molecule has 1 aromatic rings. The monoisotopic (exact) mass is 292 g/mol. The summed E-state index contributed by atoms with van der Waals surface area (Å²) in [5.41, 5.74) is 0.516. The second kappa shape index (κ2) is 5.14. The van der Waals surface area contributed by atoms with Gasteiger partial charge in [-0.25, -0.2) is 0 Å². The molecule has 0 aromatic carbocycles. The summed E-state index contributed by atoms with van der Waals surface area (Å²) >= 11 is 13.1. The molecule has 1 aliphatic rings. The summed E-state index contributed by atoms with van der Waals surface area (Å²) in [6.45, 7) is 5.63. The molecule has 1 fully saturated rings. The average molecular weight is 293 g/mol. The van der Waals surface area contributed by atoms with Gasteiger partial charge in [-0.05, 0) is 19.9 Å². The Kier molecular flexibility index (Phi) is 3.98. The molecule has 1 aliphatic heterocycles. The van der Waals surface area contributed by atoms with E-state index in [0.29, 0.717) is 26.8 Å². The van der Waals surface area contributed by atoms with E-state index in [4.69, 9.17) is 23.2 Å². The highest BCUT2D eigenvalue weighted by Crippen LogP contribution is 2.32. The Hall–Kier alpha value is -0.290. The van der Waals surface area contributed by atoms with Crippen LogP contribution in [0.25, 0.3) is 0 Å². The summed E-state index contributed by atoms with van der Waals surface area (Å²) in [6, 6.07) is 2.10. The van der Waals surface area contributed by atoms with E-state index >= 15 is 0 Å². The van der Waals surface area contributed by atoms with Crippen molar-refractivity contribution in [2.24, 2.45) is 0 Å². The Bertz CT molecular complexity index is 435. The maximum atomic E-state index is 12.4. The fourth-order valence-electron chi connectivity index (χ4n) is 1.98. The minimum atomic E-state index is -0.0287. The fourth-order valence-corrected chi connectivity index (χ4v) is 3.43. The van der Waals surface area contributed by atoms with Crippen LogP contribution in [-0.2, 0) is 0 Å². The third kappa shape index (κ3) is 2.60. The number of nitrogens with zero attached hydrogens (tertiary/aromatic N) is 1. The molecule has 0 radical (unpaired) electrons. The maximum Gasteiger partial charge on any atom is 0.256 e. The van der Waals surface area contributed by atoms with Gasteiger partial charge in [0.25, 0.3) is 5.91 Å². The van der Waals surface area contributed by atoms with Gasteiger partial charge in [-0.3, -0.25) is 4.79 Å². The molecule has 2 unspecified atom stereocenters. The van der Waals surface area contributed by atoms with Gasteiger partial charge in [0.2, 0.25) is 0 Å². The van der Waals surface area contributed by atoms with Gasteiger partial charge >= 0.3 is 0 Å². The molecule has 2 rings (SSSR count). The summed E-state index contributed by atoms with van der Waals surface area (Å²) in [5, 5.41) is 3.34. The lowest BCUT2D eigenvalue weighted by molar-refractivity contribution is 0.0603. The summed E-state index contributed by atoms with van der Waals surface area (Å²) < 4.78 is 1.02. The SMILES string of the molecule is CC1NCCN(C(=O)c2cc(Cl)sc2Cl)C1C. The van der Waals surface area contributed by atoms with Crippen LogP contribution in [-0.4, -0.2) is 36.0 Å². The molecule has 0 spiro atoms. The molecule has 1 amide bonds. The van der Waals surface area contributed by atoms with Crippen LogP contribution in [0.5, 0.6) is 0 Å². The lowest BCUT2D eigenvalue weighted by Gasteiger charge is -2.38. The van der Waals surface area contributed by atoms with Crippen LogP contribution in [0.3, 0.4) is 0 Å². The second-order valence-corrected chi connectivity index (χ2v) is 6.51. The molecule has 1 saturated heterocycles. The van der Waals surface area contributed by atoms with Gasteiger partial charge < -0.3 is 10.2 Å². The van der Waals surface area contributed by atoms with E-state index in [1.807, 2.05) is 11.8 Å². The number of amides is 1.